The van der Waals surface area contributed by atoms with Gasteiger partial charge in [0.15, 0.2) is 11.8 Å². The topological polar surface area (TPSA) is 61.8 Å². The van der Waals surface area contributed by atoms with E-state index in [-0.39, 0.29) is 63.9 Å². The van der Waals surface area contributed by atoms with Crippen molar-refractivity contribution in [2.24, 2.45) is 5.10 Å². The van der Waals surface area contributed by atoms with Crippen LogP contribution >= 0.6 is 0 Å². The molecule has 1 N–H and O–H groups in total. The smallest absolute Gasteiger partial charge is 0.330 e. The van der Waals surface area contributed by atoms with Crippen molar-refractivity contribution in [3.63, 3.8) is 0 Å². The van der Waals surface area contributed by atoms with E-state index in [9.17, 15) is 9.59 Å². The first-order valence-electron chi connectivity index (χ1n) is 3.75. The summed E-state index contributed by atoms with van der Waals surface area (Å²) in [5, 5.41) is 3.75. The third-order valence-corrected chi connectivity index (χ3v) is 1.69. The van der Waals surface area contributed by atoms with Crippen LogP contribution in [0.15, 0.2) is 10.7 Å². The van der Waals surface area contributed by atoms with E-state index in [1.807, 2.05) is 0 Å². The van der Waals surface area contributed by atoms with Crippen molar-refractivity contribution < 1.29 is 67.8 Å². The van der Waals surface area contributed by atoms with Crippen molar-refractivity contribution in [2.45, 2.75) is 6.92 Å². The molecular weight excluding hydrogens is 256 g/mol. The summed E-state index contributed by atoms with van der Waals surface area (Å²) in [4.78, 5) is 23.4. The van der Waals surface area contributed by atoms with Gasteiger partial charge in [0.1, 0.15) is 0 Å². The van der Waals surface area contributed by atoms with Gasteiger partial charge in [-0.2, -0.15) is 11.6 Å². The van der Waals surface area contributed by atoms with Crippen molar-refractivity contribution >= 4 is 17.5 Å². The Hall–Kier alpha value is 0.155. The summed E-state index contributed by atoms with van der Waals surface area (Å²) in [5.41, 5.74) is 3.19. The van der Waals surface area contributed by atoms with E-state index in [0.29, 0.717) is 5.57 Å². The van der Waals surface area contributed by atoms with Gasteiger partial charge in [0.25, 0.3) is 0 Å². The third kappa shape index (κ3) is 2.82. The normalized spacial score (nSPS) is 19.2. The van der Waals surface area contributed by atoms with Gasteiger partial charge in [-0.05, 0) is 5.71 Å². The zero-order valence-electron chi connectivity index (χ0n) is 8.71. The Balaban J connectivity index is 0.00000169. The Labute approximate surface area is 131 Å². The quantitative estimate of drug-likeness (QED) is 0.302. The second-order valence-electron chi connectivity index (χ2n) is 2.60. The number of rotatable bonds is 1. The van der Waals surface area contributed by atoms with Crippen LogP contribution in [0.1, 0.15) is 6.92 Å². The van der Waals surface area contributed by atoms with Gasteiger partial charge < -0.3 is 10.3 Å². The van der Waals surface area contributed by atoms with E-state index in [4.69, 9.17) is 0 Å². The zero-order valence-corrected chi connectivity index (χ0v) is 13.6. The molecule has 0 aromatic heterocycles. The summed E-state index contributed by atoms with van der Waals surface area (Å²) in [7, 11) is 2.99. The standard InChI is InChI=1S/C8H10N3O2.Rb/c1-5-4-6(12)11(3)8(13)7(5)10-9-2;/h9H,1-3H3;/q-1;+1. The van der Waals surface area contributed by atoms with E-state index in [1.165, 1.54) is 7.05 Å². The summed E-state index contributed by atoms with van der Waals surface area (Å²) >= 11 is 0. The van der Waals surface area contributed by atoms with Gasteiger partial charge in [-0.1, -0.05) is 6.92 Å². The fourth-order valence-corrected chi connectivity index (χ4v) is 0.958. The number of imide groups is 1. The number of nitrogens with zero attached hydrogens (tertiary/aromatic N) is 2. The van der Waals surface area contributed by atoms with Crippen LogP contribution in [-0.4, -0.2) is 36.5 Å². The molecule has 0 saturated carbocycles. The fraction of sp³-hybridized carbons (Fsp3) is 0.375. The Bertz CT molecular complexity index is 323. The van der Waals surface area contributed by atoms with Gasteiger partial charge in [-0.15, -0.1) is 0 Å². The van der Waals surface area contributed by atoms with Crippen LogP contribution < -0.4 is 63.6 Å². The molecule has 1 aliphatic heterocycles. The summed E-state index contributed by atoms with van der Waals surface area (Å²) in [5.74, 6) is -0.840. The second kappa shape index (κ2) is 5.90. The van der Waals surface area contributed by atoms with Crippen molar-refractivity contribution in [3.8, 4) is 0 Å². The molecule has 14 heavy (non-hydrogen) atoms. The van der Waals surface area contributed by atoms with Gasteiger partial charge in [0.05, 0.1) is 0 Å². The molecule has 2 amide bonds. The van der Waals surface area contributed by atoms with E-state index >= 15 is 0 Å². The minimum atomic E-state index is -0.433. The van der Waals surface area contributed by atoms with Crippen molar-refractivity contribution in [1.29, 1.82) is 0 Å². The summed E-state index contributed by atoms with van der Waals surface area (Å²) < 4.78 is 0. The van der Waals surface area contributed by atoms with Crippen molar-refractivity contribution in [3.05, 3.63) is 11.6 Å². The van der Waals surface area contributed by atoms with Gasteiger partial charge in [0.2, 0.25) is 0 Å². The molecule has 5 nitrogen and oxygen atoms in total. The van der Waals surface area contributed by atoms with Crippen LogP contribution in [0.4, 0.5) is 0 Å². The predicted molar refractivity (Wildman–Crippen MR) is 46.7 cm³/mol. The molecule has 0 atom stereocenters. The number of hydrogen-bond donors (Lipinski definition) is 1. The van der Waals surface area contributed by atoms with Gasteiger partial charge >= 0.3 is 58.2 Å². The van der Waals surface area contributed by atoms with Crippen LogP contribution in [0.25, 0.3) is 0 Å². The van der Waals surface area contributed by atoms with Crippen LogP contribution in [-0.2, 0) is 9.59 Å². The first-order chi connectivity index (χ1) is 6.07. The molecule has 0 aliphatic carbocycles. The first kappa shape index (κ1) is 14.2. The SMILES string of the molecule is CNN=C1C(=O)N(C)C(=O)[C-]=C1C.[Rb+]. The van der Waals surface area contributed by atoms with Gasteiger partial charge in [0, 0.05) is 14.1 Å². The zero-order chi connectivity index (χ0) is 10.0. The van der Waals surface area contributed by atoms with E-state index in [1.54, 1.807) is 14.0 Å². The van der Waals surface area contributed by atoms with E-state index in [2.05, 4.69) is 16.6 Å². The maximum atomic E-state index is 11.4. The Morgan fingerprint density at radius 1 is 1.43 bits per heavy atom. The number of carbonyl (C=O) groups is 2. The second-order valence-corrected chi connectivity index (χ2v) is 2.60. The molecule has 6 heteroatoms. The van der Waals surface area contributed by atoms with Crippen molar-refractivity contribution in [1.82, 2.24) is 10.3 Å². The van der Waals surface area contributed by atoms with E-state index < -0.39 is 11.8 Å². The van der Waals surface area contributed by atoms with Crippen LogP contribution in [0, 0.1) is 6.08 Å². The fourth-order valence-electron chi connectivity index (χ4n) is 0.958. The maximum Gasteiger partial charge on any atom is 1.00 e. The summed E-state index contributed by atoms with van der Waals surface area (Å²) in [6, 6.07) is 0. The molecule has 1 heterocycles. The molecule has 0 aromatic rings. The van der Waals surface area contributed by atoms with Crippen LogP contribution in [0.5, 0.6) is 0 Å². The number of nitrogens with one attached hydrogen (secondary N) is 1. The molecular formula is C8H10N3O2Rb. The maximum absolute atomic E-state index is 11.4. The number of amides is 2. The largest absolute Gasteiger partial charge is 1.00 e. The molecule has 0 aromatic carbocycles. The average molecular weight is 266 g/mol. The molecule has 0 bridgehead atoms. The Morgan fingerprint density at radius 2 is 2.00 bits per heavy atom. The number of hydrogen-bond acceptors (Lipinski definition) is 4. The molecule has 0 unspecified atom stereocenters. The van der Waals surface area contributed by atoms with Crippen LogP contribution in [0.3, 0.4) is 0 Å². The van der Waals surface area contributed by atoms with Crippen molar-refractivity contribution in [2.75, 3.05) is 14.1 Å². The molecule has 0 spiro atoms. The summed E-state index contributed by atoms with van der Waals surface area (Å²) in [6.07, 6.45) is 2.51. The molecule has 0 fully saturated rings. The molecule has 1 aliphatic rings. The van der Waals surface area contributed by atoms with Gasteiger partial charge in [-0.3, -0.25) is 14.7 Å². The molecule has 0 radical (unpaired) electrons. The Morgan fingerprint density at radius 3 is 2.50 bits per heavy atom. The van der Waals surface area contributed by atoms with Crippen LogP contribution in [0.2, 0.25) is 0 Å². The predicted octanol–water partition coefficient (Wildman–Crippen LogP) is -3.69. The number of likely N-dealkylation sites (N-methyl/N-ethyl adjacent to an activating group) is 1. The van der Waals surface area contributed by atoms with E-state index in [0.717, 1.165) is 4.90 Å². The monoisotopic (exact) mass is 265 g/mol. The Kier molecular flexibility index (Phi) is 5.96. The molecule has 1 rings (SSSR count). The summed E-state index contributed by atoms with van der Waals surface area (Å²) in [6.45, 7) is 1.62. The first-order valence-corrected chi connectivity index (χ1v) is 3.75. The molecule has 0 saturated heterocycles. The number of carbonyl (C=O) groups excluding carboxylic acids is 2. The van der Waals surface area contributed by atoms with Gasteiger partial charge in [-0.25, -0.2) is 0 Å². The third-order valence-electron chi connectivity index (χ3n) is 1.69. The minimum Gasteiger partial charge on any atom is -0.330 e. The average Bonchev–Trinajstić information content (AvgIpc) is 2.09. The number of hydrazone groups is 1. The minimum absolute atomic E-state index is 0. The molecule has 70 valence electrons.